The lowest BCUT2D eigenvalue weighted by atomic mass is 9.95. The van der Waals surface area contributed by atoms with E-state index in [1.165, 1.54) is 0 Å². The van der Waals surface area contributed by atoms with Crippen LogP contribution in [0.25, 0.3) is 0 Å². The molecule has 2 rings (SSSR count). The molecule has 1 atom stereocenters. The van der Waals surface area contributed by atoms with Crippen LogP contribution in [0.15, 0.2) is 12.4 Å². The zero-order valence-electron chi connectivity index (χ0n) is 11.9. The van der Waals surface area contributed by atoms with Gasteiger partial charge in [0.25, 0.3) is 0 Å². The number of hydrogen-bond acceptors (Lipinski definition) is 4. The fraction of sp³-hybridized carbons (Fsp3) is 0.615. The van der Waals surface area contributed by atoms with Crippen LogP contribution in [0.2, 0.25) is 0 Å². The molecule has 0 saturated carbocycles. The van der Waals surface area contributed by atoms with Crippen LogP contribution in [0.4, 0.5) is 0 Å². The normalized spacial score (nSPS) is 17.9. The minimum Gasteiger partial charge on any atom is -0.359 e. The number of aryl methyl sites for hydroxylation is 1. The first-order valence-electron chi connectivity index (χ1n) is 6.77. The Morgan fingerprint density at radius 1 is 1.45 bits per heavy atom. The zero-order chi connectivity index (χ0) is 14.7. The van der Waals surface area contributed by atoms with Crippen molar-refractivity contribution >= 4 is 11.8 Å². The number of likely N-dealkylation sites (tertiary alicyclic amines) is 1. The van der Waals surface area contributed by atoms with E-state index < -0.39 is 6.04 Å². The van der Waals surface area contributed by atoms with Crippen molar-refractivity contribution < 1.29 is 9.59 Å². The van der Waals surface area contributed by atoms with Gasteiger partial charge in [-0.1, -0.05) is 0 Å². The standard InChI is InChI=1S/C13H21N5O2/c1-15-12(19)9-3-5-18(6-4-9)13(20)11(14)10-7-16-17(2)8-10/h7-9,11H,3-6,14H2,1-2H3,(H,15,19). The molecule has 0 spiro atoms. The van der Waals surface area contributed by atoms with E-state index in [2.05, 4.69) is 10.4 Å². The quantitative estimate of drug-likeness (QED) is 0.773. The number of nitrogens with one attached hydrogen (secondary N) is 1. The third kappa shape index (κ3) is 2.98. The maximum absolute atomic E-state index is 12.3. The minimum atomic E-state index is -0.680. The average molecular weight is 279 g/mol. The van der Waals surface area contributed by atoms with Gasteiger partial charge in [-0.2, -0.15) is 5.10 Å². The number of hydrogen-bond donors (Lipinski definition) is 2. The number of nitrogens with zero attached hydrogens (tertiary/aromatic N) is 3. The van der Waals surface area contributed by atoms with E-state index >= 15 is 0 Å². The van der Waals surface area contributed by atoms with E-state index in [9.17, 15) is 9.59 Å². The molecule has 1 aromatic heterocycles. The summed E-state index contributed by atoms with van der Waals surface area (Å²) in [5.41, 5.74) is 6.69. The summed E-state index contributed by atoms with van der Waals surface area (Å²) in [6.45, 7) is 1.15. The van der Waals surface area contributed by atoms with Crippen LogP contribution in [0.1, 0.15) is 24.4 Å². The summed E-state index contributed by atoms with van der Waals surface area (Å²) in [6.07, 6.45) is 4.73. The average Bonchev–Trinajstić information content (AvgIpc) is 2.91. The molecule has 1 saturated heterocycles. The van der Waals surface area contributed by atoms with Gasteiger partial charge in [0.05, 0.1) is 6.20 Å². The van der Waals surface area contributed by atoms with Gasteiger partial charge in [-0.25, -0.2) is 0 Å². The molecule has 7 heteroatoms. The third-order valence-electron chi connectivity index (χ3n) is 3.77. The maximum atomic E-state index is 12.3. The summed E-state index contributed by atoms with van der Waals surface area (Å²) in [7, 11) is 3.42. The largest absolute Gasteiger partial charge is 0.359 e. The predicted molar refractivity (Wildman–Crippen MR) is 73.5 cm³/mol. The molecule has 7 nitrogen and oxygen atoms in total. The van der Waals surface area contributed by atoms with Crippen molar-refractivity contribution in [2.75, 3.05) is 20.1 Å². The topological polar surface area (TPSA) is 93.2 Å². The fourth-order valence-corrected chi connectivity index (χ4v) is 2.51. The van der Waals surface area contributed by atoms with Gasteiger partial charge in [0.15, 0.2) is 0 Å². The molecule has 1 aromatic rings. The van der Waals surface area contributed by atoms with Crippen molar-refractivity contribution in [3.05, 3.63) is 18.0 Å². The first-order chi connectivity index (χ1) is 9.52. The van der Waals surface area contributed by atoms with E-state index in [1.54, 1.807) is 36.1 Å². The lowest BCUT2D eigenvalue weighted by Gasteiger charge is -2.32. The van der Waals surface area contributed by atoms with E-state index in [0.717, 1.165) is 0 Å². The van der Waals surface area contributed by atoms with Crippen molar-refractivity contribution in [3.8, 4) is 0 Å². The molecule has 0 radical (unpaired) electrons. The Morgan fingerprint density at radius 3 is 2.60 bits per heavy atom. The molecule has 110 valence electrons. The SMILES string of the molecule is CNC(=O)C1CCN(C(=O)C(N)c2cnn(C)c2)CC1. The number of aromatic nitrogens is 2. The molecule has 1 unspecified atom stereocenters. The second-order valence-corrected chi connectivity index (χ2v) is 5.14. The van der Waals surface area contributed by atoms with Crippen LogP contribution in [0, 0.1) is 5.92 Å². The first-order valence-corrected chi connectivity index (χ1v) is 6.77. The minimum absolute atomic E-state index is 0.00123. The highest BCUT2D eigenvalue weighted by atomic mass is 16.2. The molecule has 0 aliphatic carbocycles. The van der Waals surface area contributed by atoms with Crippen molar-refractivity contribution in [3.63, 3.8) is 0 Å². The molecule has 0 bridgehead atoms. The Morgan fingerprint density at radius 2 is 2.10 bits per heavy atom. The monoisotopic (exact) mass is 279 g/mol. The zero-order valence-corrected chi connectivity index (χ0v) is 11.9. The third-order valence-corrected chi connectivity index (χ3v) is 3.77. The smallest absolute Gasteiger partial charge is 0.244 e. The first kappa shape index (κ1) is 14.5. The molecule has 0 aromatic carbocycles. The molecular weight excluding hydrogens is 258 g/mol. The number of rotatable bonds is 3. The van der Waals surface area contributed by atoms with Crippen molar-refractivity contribution in [2.24, 2.45) is 18.7 Å². The molecule has 20 heavy (non-hydrogen) atoms. The fourth-order valence-electron chi connectivity index (χ4n) is 2.51. The van der Waals surface area contributed by atoms with E-state index in [4.69, 9.17) is 5.73 Å². The van der Waals surface area contributed by atoms with Gasteiger partial charge >= 0.3 is 0 Å². The van der Waals surface area contributed by atoms with Gasteiger partial charge in [-0.15, -0.1) is 0 Å². The van der Waals surface area contributed by atoms with Gasteiger partial charge in [-0.05, 0) is 12.8 Å². The summed E-state index contributed by atoms with van der Waals surface area (Å²) < 4.78 is 1.63. The van der Waals surface area contributed by atoms with Crippen LogP contribution in [0.5, 0.6) is 0 Å². The molecular formula is C13H21N5O2. The van der Waals surface area contributed by atoms with Crippen LogP contribution in [0.3, 0.4) is 0 Å². The van der Waals surface area contributed by atoms with E-state index in [-0.39, 0.29) is 17.7 Å². The highest BCUT2D eigenvalue weighted by Gasteiger charge is 2.29. The van der Waals surface area contributed by atoms with Crippen molar-refractivity contribution in [1.82, 2.24) is 20.0 Å². The molecule has 1 fully saturated rings. The molecule has 1 aliphatic rings. The van der Waals surface area contributed by atoms with Gasteiger partial charge in [0.2, 0.25) is 11.8 Å². The van der Waals surface area contributed by atoms with Gasteiger partial charge in [0, 0.05) is 44.9 Å². The Kier molecular flexibility index (Phi) is 4.39. The van der Waals surface area contributed by atoms with E-state index in [1.807, 2.05) is 0 Å². The number of piperidine rings is 1. The highest BCUT2D eigenvalue weighted by Crippen LogP contribution is 2.20. The van der Waals surface area contributed by atoms with Crippen molar-refractivity contribution in [2.45, 2.75) is 18.9 Å². The Balaban J connectivity index is 1.93. The van der Waals surface area contributed by atoms with Gasteiger partial charge < -0.3 is 16.0 Å². The molecule has 3 N–H and O–H groups in total. The Hall–Kier alpha value is -1.89. The molecule has 2 heterocycles. The molecule has 2 amide bonds. The molecule has 1 aliphatic heterocycles. The number of carbonyl (C=O) groups excluding carboxylic acids is 2. The van der Waals surface area contributed by atoms with Crippen LogP contribution in [-0.4, -0.2) is 46.6 Å². The lowest BCUT2D eigenvalue weighted by molar-refractivity contribution is -0.136. The second-order valence-electron chi connectivity index (χ2n) is 5.14. The van der Waals surface area contributed by atoms with Gasteiger partial charge in [-0.3, -0.25) is 14.3 Å². The summed E-state index contributed by atoms with van der Waals surface area (Å²) in [6, 6.07) is -0.680. The number of nitrogens with two attached hydrogens (primary N) is 1. The van der Waals surface area contributed by atoms with Gasteiger partial charge in [0.1, 0.15) is 6.04 Å². The van der Waals surface area contributed by atoms with E-state index in [0.29, 0.717) is 31.5 Å². The summed E-state index contributed by atoms with van der Waals surface area (Å²) >= 11 is 0. The van der Waals surface area contributed by atoms with Crippen molar-refractivity contribution in [1.29, 1.82) is 0 Å². The Bertz CT molecular complexity index is 491. The van der Waals surface area contributed by atoms with Crippen LogP contribution in [-0.2, 0) is 16.6 Å². The summed E-state index contributed by atoms with van der Waals surface area (Å²) in [5.74, 6) is -0.0549. The van der Waals surface area contributed by atoms with Crippen LogP contribution >= 0.6 is 0 Å². The second kappa shape index (κ2) is 6.04. The summed E-state index contributed by atoms with van der Waals surface area (Å²) in [4.78, 5) is 25.6. The number of carbonyl (C=O) groups is 2. The summed E-state index contributed by atoms with van der Waals surface area (Å²) in [5, 5.41) is 6.68. The van der Waals surface area contributed by atoms with Crippen LogP contribution < -0.4 is 11.1 Å². The number of amides is 2. The predicted octanol–water partition coefficient (Wildman–Crippen LogP) is -0.595. The maximum Gasteiger partial charge on any atom is 0.244 e. The Labute approximate surface area is 118 Å². The highest BCUT2D eigenvalue weighted by molar-refractivity contribution is 5.83. The lowest BCUT2D eigenvalue weighted by Crippen LogP contribution is -2.45.